The summed E-state index contributed by atoms with van der Waals surface area (Å²) in [5, 5.41) is 0.866. The minimum absolute atomic E-state index is 0. The molecule has 3 aromatic carbocycles. The quantitative estimate of drug-likeness (QED) is 0.230. The smallest absolute Gasteiger partial charge is 0.162 e. The number of rotatable bonds is 9. The first kappa shape index (κ1) is 32.6. The maximum Gasteiger partial charge on any atom is 0.162 e. The highest BCUT2D eigenvalue weighted by Crippen LogP contribution is 2.26. The molecule has 0 saturated carbocycles. The Hall–Kier alpha value is -1.88. The second-order valence-electron chi connectivity index (χ2n) is 11.4. The number of hydrogen-bond donors (Lipinski definition) is 0. The molecular formula is C34H43Cl3N2O. The van der Waals surface area contributed by atoms with Gasteiger partial charge in [-0.1, -0.05) is 71.8 Å². The number of Topliss-reactive ketones (excluding diaryl/α,β-unsaturated/α-hetero) is 1. The second-order valence-corrected chi connectivity index (χ2v) is 11.8. The van der Waals surface area contributed by atoms with Crippen molar-refractivity contribution in [2.75, 3.05) is 26.2 Å². The maximum absolute atomic E-state index is 13.1. The van der Waals surface area contributed by atoms with Gasteiger partial charge in [0.15, 0.2) is 5.78 Å². The first-order valence-corrected chi connectivity index (χ1v) is 14.8. The minimum Gasteiger partial charge on any atom is -0.299 e. The topological polar surface area (TPSA) is 23.6 Å². The first-order chi connectivity index (χ1) is 18.5. The second kappa shape index (κ2) is 15.9. The SMILES string of the molecule is Cc1cccc(CN2CCc3ccc(C(=O)CCCC4CCN(Cc5ccccc5Cl)CC4)cc3CC2)c1.Cl.Cl. The molecule has 6 heteroatoms. The minimum atomic E-state index is 0. The summed E-state index contributed by atoms with van der Waals surface area (Å²) in [4.78, 5) is 18.1. The number of likely N-dealkylation sites (tertiary alicyclic amines) is 1. The van der Waals surface area contributed by atoms with Gasteiger partial charge >= 0.3 is 0 Å². The average Bonchev–Trinajstić information content (AvgIpc) is 3.13. The molecule has 0 N–H and O–H groups in total. The predicted octanol–water partition coefficient (Wildman–Crippen LogP) is 8.36. The van der Waals surface area contributed by atoms with Crippen LogP contribution < -0.4 is 0 Å². The Bertz CT molecular complexity index is 1240. The zero-order chi connectivity index (χ0) is 26.3. The molecule has 0 radical (unpaired) electrons. The number of piperidine rings is 1. The Morgan fingerprint density at radius 2 is 1.55 bits per heavy atom. The molecule has 3 nitrogen and oxygen atoms in total. The van der Waals surface area contributed by atoms with Crippen LogP contribution in [-0.2, 0) is 25.9 Å². The zero-order valence-electron chi connectivity index (χ0n) is 23.6. The van der Waals surface area contributed by atoms with Crippen LogP contribution in [0.5, 0.6) is 0 Å². The molecule has 0 aromatic heterocycles. The van der Waals surface area contributed by atoms with Crippen molar-refractivity contribution in [3.8, 4) is 0 Å². The highest BCUT2D eigenvalue weighted by atomic mass is 35.5. The molecule has 1 saturated heterocycles. The summed E-state index contributed by atoms with van der Waals surface area (Å²) >= 11 is 6.35. The van der Waals surface area contributed by atoms with Gasteiger partial charge in [-0.15, -0.1) is 24.8 Å². The van der Waals surface area contributed by atoms with E-state index in [-0.39, 0.29) is 24.8 Å². The van der Waals surface area contributed by atoms with Crippen LogP contribution in [0.15, 0.2) is 66.7 Å². The number of carbonyl (C=O) groups is 1. The van der Waals surface area contributed by atoms with E-state index in [2.05, 4.69) is 71.3 Å². The number of halogens is 3. The molecule has 2 aliphatic heterocycles. The average molecular weight is 602 g/mol. The molecule has 0 amide bonds. The molecule has 0 atom stereocenters. The standard InChI is InChI=1S/C34H41ClN2O.2ClH/c1-26-6-4-8-28(22-26)24-36-20-16-29-12-13-31(23-30(29)17-21-36)34(38)11-5-7-27-14-18-37(19-15-27)25-32-9-2-3-10-33(32)35;;/h2-4,6,8-10,12-13,22-23,27H,5,7,11,14-21,24-25H2,1H3;2*1H. The van der Waals surface area contributed by atoms with E-state index in [0.717, 1.165) is 81.5 Å². The van der Waals surface area contributed by atoms with E-state index in [0.29, 0.717) is 12.2 Å². The normalized spacial score (nSPS) is 16.4. The van der Waals surface area contributed by atoms with Crippen LogP contribution in [0.3, 0.4) is 0 Å². The Labute approximate surface area is 258 Å². The van der Waals surface area contributed by atoms with Crippen molar-refractivity contribution >= 4 is 42.2 Å². The summed E-state index contributed by atoms with van der Waals surface area (Å²) in [6, 6.07) is 23.5. The lowest BCUT2D eigenvalue weighted by Gasteiger charge is -2.32. The Kier molecular flexibility index (Phi) is 13.0. The van der Waals surface area contributed by atoms with Gasteiger partial charge in [0.1, 0.15) is 0 Å². The van der Waals surface area contributed by atoms with Gasteiger partial charge < -0.3 is 0 Å². The summed E-state index contributed by atoms with van der Waals surface area (Å²) in [6.07, 6.45) is 7.34. The largest absolute Gasteiger partial charge is 0.299 e. The van der Waals surface area contributed by atoms with E-state index < -0.39 is 0 Å². The van der Waals surface area contributed by atoms with Gasteiger partial charge in [0.05, 0.1) is 0 Å². The molecule has 0 bridgehead atoms. The summed E-state index contributed by atoms with van der Waals surface area (Å²) in [5.41, 5.74) is 7.62. The molecule has 0 unspecified atom stereocenters. The highest BCUT2D eigenvalue weighted by Gasteiger charge is 2.21. The van der Waals surface area contributed by atoms with Crippen LogP contribution in [0.4, 0.5) is 0 Å². The van der Waals surface area contributed by atoms with Gasteiger partial charge in [-0.2, -0.15) is 0 Å². The highest BCUT2D eigenvalue weighted by molar-refractivity contribution is 6.31. The number of benzene rings is 3. The van der Waals surface area contributed by atoms with Gasteiger partial charge in [0.25, 0.3) is 0 Å². The third kappa shape index (κ3) is 9.06. The van der Waals surface area contributed by atoms with E-state index in [1.165, 1.54) is 40.7 Å². The Morgan fingerprint density at radius 1 is 0.825 bits per heavy atom. The number of aryl methyl sites for hydroxylation is 1. The third-order valence-electron chi connectivity index (χ3n) is 8.49. The predicted molar refractivity (Wildman–Crippen MR) is 172 cm³/mol. The van der Waals surface area contributed by atoms with Crippen LogP contribution in [0.25, 0.3) is 0 Å². The number of fused-ring (bicyclic) bond motifs is 1. The van der Waals surface area contributed by atoms with E-state index in [9.17, 15) is 4.79 Å². The van der Waals surface area contributed by atoms with E-state index in [4.69, 9.17) is 11.6 Å². The van der Waals surface area contributed by atoms with Crippen molar-refractivity contribution in [3.63, 3.8) is 0 Å². The summed E-state index contributed by atoms with van der Waals surface area (Å²) < 4.78 is 0. The molecule has 0 spiro atoms. The molecule has 40 heavy (non-hydrogen) atoms. The van der Waals surface area contributed by atoms with E-state index in [1.54, 1.807) is 0 Å². The lowest BCUT2D eigenvalue weighted by atomic mass is 9.90. The molecule has 0 aliphatic carbocycles. The van der Waals surface area contributed by atoms with Crippen LogP contribution in [0.1, 0.15) is 70.3 Å². The van der Waals surface area contributed by atoms with Crippen LogP contribution in [0.2, 0.25) is 5.02 Å². The molecule has 2 heterocycles. The van der Waals surface area contributed by atoms with Gasteiger partial charge in [0.2, 0.25) is 0 Å². The Morgan fingerprint density at radius 3 is 2.30 bits per heavy atom. The van der Waals surface area contributed by atoms with Gasteiger partial charge in [-0.3, -0.25) is 14.6 Å². The lowest BCUT2D eigenvalue weighted by Crippen LogP contribution is -2.33. The van der Waals surface area contributed by atoms with Crippen molar-refractivity contribution in [1.29, 1.82) is 0 Å². The fourth-order valence-electron chi connectivity index (χ4n) is 6.17. The number of hydrogen-bond acceptors (Lipinski definition) is 3. The molecule has 216 valence electrons. The van der Waals surface area contributed by atoms with Gasteiger partial charge in [-0.05, 0) is 98.8 Å². The van der Waals surface area contributed by atoms with Crippen molar-refractivity contribution in [2.24, 2.45) is 5.92 Å². The van der Waals surface area contributed by atoms with E-state index in [1.807, 2.05) is 12.1 Å². The molecular weight excluding hydrogens is 559 g/mol. The fraction of sp³-hybridized carbons (Fsp3) is 0.441. The summed E-state index contributed by atoms with van der Waals surface area (Å²) in [6.45, 7) is 8.46. The first-order valence-electron chi connectivity index (χ1n) is 14.4. The van der Waals surface area contributed by atoms with Crippen LogP contribution in [0, 0.1) is 12.8 Å². The third-order valence-corrected chi connectivity index (χ3v) is 8.86. The van der Waals surface area contributed by atoms with E-state index >= 15 is 0 Å². The van der Waals surface area contributed by atoms with Crippen LogP contribution >= 0.6 is 36.4 Å². The lowest BCUT2D eigenvalue weighted by molar-refractivity contribution is 0.0974. The zero-order valence-corrected chi connectivity index (χ0v) is 26.0. The molecule has 3 aromatic rings. The Balaban J connectivity index is 0.00000220. The number of carbonyl (C=O) groups excluding carboxylic acids is 1. The summed E-state index contributed by atoms with van der Waals surface area (Å²) in [5.74, 6) is 1.04. The molecule has 5 rings (SSSR count). The van der Waals surface area contributed by atoms with Gasteiger partial charge in [0, 0.05) is 43.2 Å². The van der Waals surface area contributed by atoms with Crippen molar-refractivity contribution in [3.05, 3.63) is 105 Å². The van der Waals surface area contributed by atoms with Crippen molar-refractivity contribution in [1.82, 2.24) is 9.80 Å². The van der Waals surface area contributed by atoms with Crippen molar-refractivity contribution < 1.29 is 4.79 Å². The monoisotopic (exact) mass is 600 g/mol. The summed E-state index contributed by atoms with van der Waals surface area (Å²) in [7, 11) is 0. The molecule has 1 fully saturated rings. The maximum atomic E-state index is 13.1. The number of ketones is 1. The molecule has 2 aliphatic rings. The van der Waals surface area contributed by atoms with Gasteiger partial charge in [-0.25, -0.2) is 0 Å². The van der Waals surface area contributed by atoms with Crippen LogP contribution in [-0.4, -0.2) is 41.8 Å². The number of nitrogens with zero attached hydrogens (tertiary/aromatic N) is 2. The van der Waals surface area contributed by atoms with Crippen molar-refractivity contribution in [2.45, 2.75) is 65.0 Å². The fourth-order valence-corrected chi connectivity index (χ4v) is 6.36.